The zero-order valence-corrected chi connectivity index (χ0v) is 55.2. The van der Waals surface area contributed by atoms with Crippen molar-refractivity contribution < 1.29 is 76.5 Å². The Morgan fingerprint density at radius 2 is 0.676 bits per heavy atom. The molecule has 2 aliphatic carbocycles. The maximum absolute atomic E-state index is 7.14. The SMILES string of the molecule is CCCCC(CC)C[NH-].CCCCC(CC)C[NH-].[Cl-].[Cl-].[Hf].[Hf].[c-]1cccc2c1Cc1ccccc1-2.[c-]1cccc2c1Cc1ccccc1-2.c1ccc([SiH]c2ccccc2)cc1.c1ccc([SiH]c2ccccc2)cc1. The van der Waals surface area contributed by atoms with Crippen molar-refractivity contribution in [2.45, 2.75) is 91.9 Å². The van der Waals surface area contributed by atoms with Gasteiger partial charge < -0.3 is 36.3 Å². The van der Waals surface area contributed by atoms with E-state index < -0.39 is 0 Å². The minimum Gasteiger partial charge on any atom is -1.00 e. The van der Waals surface area contributed by atoms with Crippen molar-refractivity contribution in [2.24, 2.45) is 11.8 Å². The van der Waals surface area contributed by atoms with Gasteiger partial charge in [-0.1, -0.05) is 304 Å². The first-order valence-electron chi connectivity index (χ1n) is 25.8. The Morgan fingerprint density at radius 1 is 0.392 bits per heavy atom. The van der Waals surface area contributed by atoms with Gasteiger partial charge >= 0.3 is 0 Å². The van der Waals surface area contributed by atoms with Gasteiger partial charge in [0.1, 0.15) is 19.0 Å². The van der Waals surface area contributed by atoms with Crippen molar-refractivity contribution in [3.05, 3.63) is 252 Å². The molecule has 0 aromatic heterocycles. The van der Waals surface area contributed by atoms with Crippen LogP contribution in [0.15, 0.2) is 206 Å². The van der Waals surface area contributed by atoms with Gasteiger partial charge in [0.15, 0.2) is 0 Å². The first kappa shape index (κ1) is 68.4. The summed E-state index contributed by atoms with van der Waals surface area (Å²) in [5, 5.41) is 5.81. The maximum Gasteiger partial charge on any atom is 0.103 e. The summed E-state index contributed by atoms with van der Waals surface area (Å²) in [7, 11) is 0.543. The molecule has 0 fully saturated rings. The number of nitrogens with one attached hydrogen (secondary N) is 2. The third-order valence-corrected chi connectivity index (χ3v) is 15.6. The minimum atomic E-state index is 0. The van der Waals surface area contributed by atoms with E-state index in [-0.39, 0.29) is 95.5 Å². The summed E-state index contributed by atoms with van der Waals surface area (Å²) in [5.74, 6) is 1.34. The summed E-state index contributed by atoms with van der Waals surface area (Å²) in [5.41, 5.74) is 25.3. The normalized spacial score (nSPS) is 11.1. The molecule has 0 saturated carbocycles. The summed E-state index contributed by atoms with van der Waals surface area (Å²) >= 11 is 0. The van der Waals surface area contributed by atoms with Gasteiger partial charge in [0, 0.05) is 51.7 Å². The van der Waals surface area contributed by atoms with E-state index in [4.69, 9.17) is 11.5 Å². The van der Waals surface area contributed by atoms with E-state index in [1.807, 2.05) is 12.1 Å². The van der Waals surface area contributed by atoms with Crippen molar-refractivity contribution in [2.75, 3.05) is 13.1 Å². The molecule has 2 N–H and O–H groups in total. The molecule has 386 valence electrons. The fourth-order valence-electron chi connectivity index (χ4n) is 8.46. The number of rotatable bonds is 14. The van der Waals surface area contributed by atoms with Gasteiger partial charge in [0.25, 0.3) is 0 Å². The van der Waals surface area contributed by atoms with Crippen LogP contribution in [0, 0.1) is 24.0 Å². The molecule has 2 unspecified atom stereocenters. The van der Waals surface area contributed by atoms with Crippen LogP contribution in [-0.2, 0) is 64.5 Å². The van der Waals surface area contributed by atoms with E-state index in [1.54, 1.807) is 0 Å². The van der Waals surface area contributed by atoms with Crippen LogP contribution in [0.2, 0.25) is 0 Å². The molecule has 0 aliphatic heterocycles. The van der Waals surface area contributed by atoms with Crippen LogP contribution in [0.25, 0.3) is 33.7 Å². The molecule has 74 heavy (non-hydrogen) atoms. The van der Waals surface area contributed by atoms with E-state index >= 15 is 0 Å². The second-order valence-electron chi connectivity index (χ2n) is 18.0. The Bertz CT molecular complexity index is 2250. The van der Waals surface area contributed by atoms with E-state index in [0.29, 0.717) is 24.9 Å². The van der Waals surface area contributed by atoms with Gasteiger partial charge in [-0.25, -0.2) is 0 Å². The van der Waals surface area contributed by atoms with Crippen molar-refractivity contribution in [3.63, 3.8) is 0 Å². The fourth-order valence-corrected chi connectivity index (χ4v) is 10.9. The first-order chi connectivity index (χ1) is 34.5. The number of fused-ring (bicyclic) bond motifs is 6. The third kappa shape index (κ3) is 24.6. The molecule has 8 aromatic rings. The largest absolute Gasteiger partial charge is 1.00 e. The van der Waals surface area contributed by atoms with Crippen LogP contribution in [0.5, 0.6) is 0 Å². The van der Waals surface area contributed by atoms with Gasteiger partial charge in [0.2, 0.25) is 0 Å². The zero-order valence-electron chi connectivity index (χ0n) is 44.2. The molecule has 0 amide bonds. The third-order valence-electron chi connectivity index (χ3n) is 12.8. The quantitative estimate of drug-likeness (QED) is 0.0774. The summed E-state index contributed by atoms with van der Waals surface area (Å²) in [4.78, 5) is 0. The van der Waals surface area contributed by atoms with E-state index in [1.165, 1.54) is 117 Å². The molecule has 2 atom stereocenters. The topological polar surface area (TPSA) is 47.6 Å². The molecule has 2 radical (unpaired) electrons. The smallest absolute Gasteiger partial charge is 0.103 e. The monoisotopic (exact) mass is 1380 g/mol. The van der Waals surface area contributed by atoms with Crippen molar-refractivity contribution in [3.8, 4) is 22.3 Å². The van der Waals surface area contributed by atoms with E-state index in [0.717, 1.165) is 12.8 Å². The summed E-state index contributed by atoms with van der Waals surface area (Å²) < 4.78 is 0. The summed E-state index contributed by atoms with van der Waals surface area (Å²) in [6.45, 7) is 10.0. The molecule has 8 heteroatoms. The predicted octanol–water partition coefficient (Wildman–Crippen LogP) is 8.78. The Kier molecular flexibility index (Phi) is 38.5. The Hall–Kier alpha value is -3.57. The molecular formula is C66H76Cl2Hf2N2Si2-6. The number of halogens is 2. The van der Waals surface area contributed by atoms with Gasteiger partial charge in [-0.3, -0.25) is 0 Å². The number of hydrogen-bond donors (Lipinski definition) is 0. The maximum atomic E-state index is 7.14. The van der Waals surface area contributed by atoms with Crippen LogP contribution >= 0.6 is 0 Å². The number of benzene rings is 8. The molecular weight excluding hydrogens is 1300 g/mol. The molecule has 0 spiro atoms. The van der Waals surface area contributed by atoms with Gasteiger partial charge in [0.05, 0.1) is 0 Å². The van der Waals surface area contributed by atoms with E-state index in [2.05, 4.69) is 234 Å². The van der Waals surface area contributed by atoms with Crippen LogP contribution in [-0.4, -0.2) is 32.1 Å². The molecule has 8 aromatic carbocycles. The van der Waals surface area contributed by atoms with Crippen LogP contribution in [0.1, 0.15) is 101 Å². The van der Waals surface area contributed by atoms with Crippen LogP contribution in [0.4, 0.5) is 0 Å². The average Bonchev–Trinajstić information content (AvgIpc) is 4.00. The molecule has 0 heterocycles. The summed E-state index contributed by atoms with van der Waals surface area (Å²) in [6, 6.07) is 78.9. The first-order valence-corrected chi connectivity index (χ1v) is 28.1. The molecule has 2 nitrogen and oxygen atoms in total. The van der Waals surface area contributed by atoms with E-state index in [9.17, 15) is 0 Å². The minimum absolute atomic E-state index is 0. The van der Waals surface area contributed by atoms with Gasteiger partial charge in [-0.05, 0) is 12.8 Å². The van der Waals surface area contributed by atoms with Crippen molar-refractivity contribution in [1.29, 1.82) is 0 Å². The zero-order chi connectivity index (χ0) is 49.4. The second-order valence-corrected chi connectivity index (χ2v) is 21.2. The van der Waals surface area contributed by atoms with Gasteiger partial charge in [-0.2, -0.15) is 59.7 Å². The van der Waals surface area contributed by atoms with Gasteiger partial charge in [-0.15, -0.1) is 24.2 Å². The molecule has 0 bridgehead atoms. The van der Waals surface area contributed by atoms with Crippen LogP contribution < -0.4 is 45.6 Å². The predicted molar refractivity (Wildman–Crippen MR) is 311 cm³/mol. The average molecular weight is 1380 g/mol. The Labute approximate surface area is 502 Å². The molecule has 2 aliphatic rings. The standard InChI is InChI=1S/2C13H9.2C12H11Si.2C8H18N.2ClH.2Hf/c2*1-3-7-12-10(5-1)9-11-6-2-4-8-13(11)12;2*1-3-7-11(8-4-1)13-12-9-5-2-6-10-12;2*1-3-5-6-8(4-2)7-9;;;;/h2*1-5,7-8H,9H2;2*1-10,13H;2*8-9H,3-7H2,1-2H3;2*1H;;/q2*-1;;;2*-1;;;;/p-2. The summed E-state index contributed by atoms with van der Waals surface area (Å²) in [6.07, 6.45) is 12.1. The Balaban J connectivity index is 0.000000443. The number of unbranched alkanes of at least 4 members (excludes halogenated alkanes) is 2. The fraction of sp³-hybridized carbons (Fsp3) is 0.273. The molecule has 10 rings (SSSR count). The van der Waals surface area contributed by atoms with Crippen molar-refractivity contribution in [1.82, 2.24) is 0 Å². The Morgan fingerprint density at radius 3 is 0.959 bits per heavy atom. The number of hydrogen-bond acceptors (Lipinski definition) is 0. The second kappa shape index (κ2) is 41.6. The molecule has 0 saturated heterocycles. The van der Waals surface area contributed by atoms with Crippen LogP contribution in [0.3, 0.4) is 0 Å². The van der Waals surface area contributed by atoms with Crippen molar-refractivity contribution >= 4 is 39.8 Å².